The highest BCUT2D eigenvalue weighted by molar-refractivity contribution is 5.78. The number of aromatic nitrogens is 1. The van der Waals surface area contributed by atoms with Gasteiger partial charge in [0.15, 0.2) is 0 Å². The first-order valence-electron chi connectivity index (χ1n) is 8.05. The number of rotatable bonds is 7. The Morgan fingerprint density at radius 2 is 1.92 bits per heavy atom. The summed E-state index contributed by atoms with van der Waals surface area (Å²) in [5.41, 5.74) is 2.01. The van der Waals surface area contributed by atoms with Gasteiger partial charge in [-0.3, -0.25) is 14.6 Å². The summed E-state index contributed by atoms with van der Waals surface area (Å²) in [5.74, 6) is -0.113. The fraction of sp³-hybridized carbons (Fsp3) is 0.316. The van der Waals surface area contributed by atoms with Crippen LogP contribution in [0, 0.1) is 0 Å². The van der Waals surface area contributed by atoms with E-state index in [4.69, 9.17) is 0 Å². The molecule has 1 heterocycles. The molecule has 2 rings (SSSR count). The second-order valence-corrected chi connectivity index (χ2v) is 5.75. The Morgan fingerprint density at radius 1 is 1.17 bits per heavy atom. The zero-order valence-electron chi connectivity index (χ0n) is 14.1. The van der Waals surface area contributed by atoms with E-state index >= 15 is 0 Å². The molecule has 2 aromatic rings. The van der Waals surface area contributed by atoms with Crippen molar-refractivity contribution in [1.82, 2.24) is 15.2 Å². The van der Waals surface area contributed by atoms with Crippen molar-refractivity contribution in [2.75, 3.05) is 6.54 Å². The van der Waals surface area contributed by atoms with Crippen molar-refractivity contribution in [2.24, 2.45) is 0 Å². The van der Waals surface area contributed by atoms with Crippen LogP contribution in [0.2, 0.25) is 0 Å². The molecule has 1 aromatic carbocycles. The molecule has 126 valence electrons. The molecule has 24 heavy (non-hydrogen) atoms. The zero-order chi connectivity index (χ0) is 17.4. The molecule has 0 aliphatic carbocycles. The molecular formula is C19H23N3O2. The van der Waals surface area contributed by atoms with Crippen LogP contribution in [0.4, 0.5) is 0 Å². The van der Waals surface area contributed by atoms with Crippen molar-refractivity contribution < 1.29 is 9.59 Å². The smallest absolute Gasteiger partial charge is 0.222 e. The maximum Gasteiger partial charge on any atom is 0.222 e. The maximum absolute atomic E-state index is 12.1. The number of nitrogens with zero attached hydrogens (tertiary/aromatic N) is 2. The molecule has 0 aliphatic rings. The average Bonchev–Trinajstić information content (AvgIpc) is 2.60. The molecular weight excluding hydrogens is 302 g/mol. The van der Waals surface area contributed by atoms with Gasteiger partial charge in [0.1, 0.15) is 0 Å². The standard InChI is InChI=1S/C19H23N3O2/c1-15(18-9-6-11-20-13-18)21-19(24)10-12-22(16(2)23)14-17-7-4-3-5-8-17/h3-9,11,13,15H,10,12,14H2,1-2H3,(H,21,24)/t15-/m1/s1. The van der Waals surface area contributed by atoms with E-state index in [-0.39, 0.29) is 24.3 Å². The largest absolute Gasteiger partial charge is 0.349 e. The normalized spacial score (nSPS) is 11.6. The highest BCUT2D eigenvalue weighted by Gasteiger charge is 2.14. The summed E-state index contributed by atoms with van der Waals surface area (Å²) in [7, 11) is 0. The van der Waals surface area contributed by atoms with Gasteiger partial charge >= 0.3 is 0 Å². The Balaban J connectivity index is 1.85. The SMILES string of the molecule is CC(=O)N(CCC(=O)N[C@H](C)c1cccnc1)Cc1ccccc1. The third kappa shape index (κ3) is 5.50. The lowest BCUT2D eigenvalue weighted by Crippen LogP contribution is -2.34. The summed E-state index contributed by atoms with van der Waals surface area (Å²) in [6, 6.07) is 13.4. The van der Waals surface area contributed by atoms with Crippen molar-refractivity contribution in [2.45, 2.75) is 32.9 Å². The first-order valence-corrected chi connectivity index (χ1v) is 8.05. The van der Waals surface area contributed by atoms with Crippen molar-refractivity contribution in [1.29, 1.82) is 0 Å². The number of hydrogen-bond donors (Lipinski definition) is 1. The van der Waals surface area contributed by atoms with E-state index in [0.29, 0.717) is 13.1 Å². The van der Waals surface area contributed by atoms with Gasteiger partial charge in [-0.15, -0.1) is 0 Å². The van der Waals surface area contributed by atoms with Gasteiger partial charge in [-0.25, -0.2) is 0 Å². The first kappa shape index (κ1) is 17.7. The molecule has 5 heteroatoms. The highest BCUT2D eigenvalue weighted by atomic mass is 16.2. The second kappa shape index (κ2) is 8.82. The Kier molecular flexibility index (Phi) is 6.49. The predicted molar refractivity (Wildman–Crippen MR) is 92.9 cm³/mol. The van der Waals surface area contributed by atoms with Crippen molar-refractivity contribution in [3.05, 3.63) is 66.0 Å². The van der Waals surface area contributed by atoms with E-state index in [0.717, 1.165) is 11.1 Å². The molecule has 0 spiro atoms. The minimum absolute atomic E-state index is 0.0352. The Morgan fingerprint density at radius 3 is 2.54 bits per heavy atom. The zero-order valence-corrected chi connectivity index (χ0v) is 14.1. The molecule has 0 unspecified atom stereocenters. The molecule has 2 amide bonds. The van der Waals surface area contributed by atoms with E-state index in [9.17, 15) is 9.59 Å². The monoisotopic (exact) mass is 325 g/mol. The highest BCUT2D eigenvalue weighted by Crippen LogP contribution is 2.10. The number of benzene rings is 1. The van der Waals surface area contributed by atoms with Gasteiger partial charge < -0.3 is 10.2 Å². The molecule has 0 fully saturated rings. The van der Waals surface area contributed by atoms with Crippen molar-refractivity contribution in [3.63, 3.8) is 0 Å². The van der Waals surface area contributed by atoms with Gasteiger partial charge in [0.2, 0.25) is 11.8 Å². The lowest BCUT2D eigenvalue weighted by atomic mass is 10.1. The van der Waals surface area contributed by atoms with Crippen molar-refractivity contribution in [3.8, 4) is 0 Å². The third-order valence-electron chi connectivity index (χ3n) is 3.83. The molecule has 0 aliphatic heterocycles. The summed E-state index contributed by atoms with van der Waals surface area (Å²) in [6.07, 6.45) is 3.71. The van der Waals surface area contributed by atoms with Crippen LogP contribution in [0.3, 0.4) is 0 Å². The van der Waals surface area contributed by atoms with Gasteiger partial charge in [0, 0.05) is 38.8 Å². The van der Waals surface area contributed by atoms with Crippen molar-refractivity contribution >= 4 is 11.8 Å². The van der Waals surface area contributed by atoms with Crippen LogP contribution in [-0.4, -0.2) is 28.2 Å². The van der Waals surface area contributed by atoms with Crippen LogP contribution in [-0.2, 0) is 16.1 Å². The number of hydrogen-bond acceptors (Lipinski definition) is 3. The summed E-state index contributed by atoms with van der Waals surface area (Å²) < 4.78 is 0. The molecule has 0 bridgehead atoms. The van der Waals surface area contributed by atoms with Crippen LogP contribution in [0.1, 0.15) is 37.4 Å². The summed E-state index contributed by atoms with van der Waals surface area (Å²) >= 11 is 0. The lowest BCUT2D eigenvalue weighted by molar-refractivity contribution is -0.130. The van der Waals surface area contributed by atoms with E-state index in [2.05, 4.69) is 10.3 Å². The molecule has 0 saturated carbocycles. The number of carbonyl (C=O) groups excluding carboxylic acids is 2. The molecule has 0 saturated heterocycles. The quantitative estimate of drug-likeness (QED) is 0.851. The second-order valence-electron chi connectivity index (χ2n) is 5.75. The molecule has 1 aromatic heterocycles. The average molecular weight is 325 g/mol. The van der Waals surface area contributed by atoms with Gasteiger partial charge in [-0.1, -0.05) is 36.4 Å². The van der Waals surface area contributed by atoms with Gasteiger partial charge in [-0.2, -0.15) is 0 Å². The summed E-state index contributed by atoms with van der Waals surface area (Å²) in [5, 5.41) is 2.94. The van der Waals surface area contributed by atoms with E-state index in [1.54, 1.807) is 17.3 Å². The number of amides is 2. The Labute approximate surface area is 142 Å². The third-order valence-corrected chi connectivity index (χ3v) is 3.83. The van der Waals surface area contributed by atoms with Crippen LogP contribution in [0.5, 0.6) is 0 Å². The first-order chi connectivity index (χ1) is 11.6. The molecule has 1 atom stereocenters. The van der Waals surface area contributed by atoms with Crippen LogP contribution in [0.25, 0.3) is 0 Å². The predicted octanol–water partition coefficient (Wildman–Crippen LogP) is 2.70. The fourth-order valence-electron chi connectivity index (χ4n) is 2.42. The Bertz CT molecular complexity index is 659. The number of carbonyl (C=O) groups is 2. The van der Waals surface area contributed by atoms with Gasteiger partial charge in [-0.05, 0) is 24.1 Å². The lowest BCUT2D eigenvalue weighted by Gasteiger charge is -2.21. The van der Waals surface area contributed by atoms with E-state index in [1.165, 1.54) is 6.92 Å². The maximum atomic E-state index is 12.1. The number of pyridine rings is 1. The molecule has 5 nitrogen and oxygen atoms in total. The minimum Gasteiger partial charge on any atom is -0.349 e. The summed E-state index contributed by atoms with van der Waals surface area (Å²) in [4.78, 5) is 29.7. The van der Waals surface area contributed by atoms with Crippen LogP contribution >= 0.6 is 0 Å². The molecule has 1 N–H and O–H groups in total. The van der Waals surface area contributed by atoms with Gasteiger partial charge in [0.25, 0.3) is 0 Å². The van der Waals surface area contributed by atoms with E-state index in [1.807, 2.05) is 49.4 Å². The molecule has 0 radical (unpaired) electrons. The Hall–Kier alpha value is -2.69. The van der Waals surface area contributed by atoms with E-state index < -0.39 is 0 Å². The fourth-order valence-corrected chi connectivity index (χ4v) is 2.42. The summed E-state index contributed by atoms with van der Waals surface area (Å²) in [6.45, 7) is 4.36. The topological polar surface area (TPSA) is 62.3 Å². The minimum atomic E-state index is -0.105. The number of nitrogens with one attached hydrogen (secondary N) is 1. The van der Waals surface area contributed by atoms with Gasteiger partial charge in [0.05, 0.1) is 6.04 Å². The van der Waals surface area contributed by atoms with Crippen LogP contribution < -0.4 is 5.32 Å². The van der Waals surface area contributed by atoms with Crippen LogP contribution in [0.15, 0.2) is 54.9 Å².